The van der Waals surface area contributed by atoms with Crippen LogP contribution in [0.2, 0.25) is 0 Å². The molecule has 1 saturated heterocycles. The summed E-state index contributed by atoms with van der Waals surface area (Å²) in [5, 5.41) is 0. The van der Waals surface area contributed by atoms with Crippen molar-refractivity contribution in [1.29, 1.82) is 0 Å². The van der Waals surface area contributed by atoms with E-state index in [2.05, 4.69) is 17.0 Å². The maximum atomic E-state index is 13.1. The van der Waals surface area contributed by atoms with Crippen LogP contribution >= 0.6 is 0 Å². The summed E-state index contributed by atoms with van der Waals surface area (Å²) in [6.45, 7) is 5.00. The topological polar surface area (TPSA) is 32.8 Å². The molecule has 0 radical (unpaired) electrons. The van der Waals surface area contributed by atoms with Crippen LogP contribution in [-0.2, 0) is 4.79 Å². The molecule has 142 valence electrons. The summed E-state index contributed by atoms with van der Waals surface area (Å²) in [7, 11) is 1.66. The second-order valence-corrected chi connectivity index (χ2v) is 6.70. The van der Waals surface area contributed by atoms with Gasteiger partial charge in [0.25, 0.3) is 0 Å². The van der Waals surface area contributed by atoms with E-state index in [9.17, 15) is 9.18 Å². The molecule has 0 saturated carbocycles. The molecule has 0 bridgehead atoms. The summed E-state index contributed by atoms with van der Waals surface area (Å²) < 4.78 is 18.3. The van der Waals surface area contributed by atoms with Crippen LogP contribution in [0.4, 0.5) is 10.1 Å². The quantitative estimate of drug-likeness (QED) is 0.766. The van der Waals surface area contributed by atoms with Crippen LogP contribution in [0.15, 0.2) is 54.6 Å². The lowest BCUT2D eigenvalue weighted by atomic mass is 10.1. The van der Waals surface area contributed by atoms with Crippen LogP contribution in [0.5, 0.6) is 5.75 Å². The summed E-state index contributed by atoms with van der Waals surface area (Å²) in [5.74, 6) is 0.573. The van der Waals surface area contributed by atoms with Crippen molar-refractivity contribution < 1.29 is 13.9 Å². The summed E-state index contributed by atoms with van der Waals surface area (Å²) >= 11 is 0. The molecule has 4 nitrogen and oxygen atoms in total. The molecular formula is C22H25FN2O2. The molecule has 1 amide bonds. The number of rotatable bonds is 4. The Morgan fingerprint density at radius 1 is 1.00 bits per heavy atom. The number of halogens is 1. The van der Waals surface area contributed by atoms with Crippen molar-refractivity contribution in [3.8, 4) is 5.75 Å². The third kappa shape index (κ3) is 4.88. The van der Waals surface area contributed by atoms with E-state index in [1.54, 1.807) is 25.3 Å². The van der Waals surface area contributed by atoms with Gasteiger partial charge in [0.1, 0.15) is 11.6 Å². The van der Waals surface area contributed by atoms with Gasteiger partial charge in [0.2, 0.25) is 5.91 Å². The van der Waals surface area contributed by atoms with E-state index in [4.69, 9.17) is 4.74 Å². The molecule has 0 atom stereocenters. The van der Waals surface area contributed by atoms with Gasteiger partial charge in [-0.2, -0.15) is 0 Å². The van der Waals surface area contributed by atoms with E-state index in [-0.39, 0.29) is 11.7 Å². The molecule has 0 aromatic heterocycles. The zero-order valence-corrected chi connectivity index (χ0v) is 15.8. The van der Waals surface area contributed by atoms with Crippen LogP contribution in [-0.4, -0.2) is 44.1 Å². The number of carbonyl (C=O) groups excluding carboxylic acids is 1. The van der Waals surface area contributed by atoms with Crippen LogP contribution in [0, 0.1) is 5.82 Å². The van der Waals surface area contributed by atoms with E-state index < -0.39 is 0 Å². The highest BCUT2D eigenvalue weighted by Gasteiger charge is 2.18. The molecular weight excluding hydrogens is 343 g/mol. The number of allylic oxidation sites excluding steroid dienone is 1. The predicted molar refractivity (Wildman–Crippen MR) is 106 cm³/mol. The van der Waals surface area contributed by atoms with Crippen LogP contribution in [0.1, 0.15) is 18.9 Å². The van der Waals surface area contributed by atoms with E-state index >= 15 is 0 Å². The molecule has 0 N–H and O–H groups in total. The van der Waals surface area contributed by atoms with Gasteiger partial charge >= 0.3 is 0 Å². The molecule has 1 aliphatic heterocycles. The molecule has 1 aliphatic rings. The highest BCUT2D eigenvalue weighted by molar-refractivity contribution is 5.94. The maximum absolute atomic E-state index is 13.1. The zero-order valence-electron chi connectivity index (χ0n) is 15.8. The number of hydrogen-bond acceptors (Lipinski definition) is 3. The van der Waals surface area contributed by atoms with Crippen molar-refractivity contribution >= 4 is 17.2 Å². The Bertz CT molecular complexity index is 800. The number of anilines is 1. The normalized spacial score (nSPS) is 15.4. The maximum Gasteiger partial charge on any atom is 0.246 e. The summed E-state index contributed by atoms with van der Waals surface area (Å²) in [5.41, 5.74) is 2.85. The molecule has 2 aromatic carbocycles. The zero-order chi connectivity index (χ0) is 19.2. The third-order valence-corrected chi connectivity index (χ3v) is 4.88. The number of hydrogen-bond donors (Lipinski definition) is 0. The first kappa shape index (κ1) is 19.0. The molecule has 2 aromatic rings. The highest BCUT2D eigenvalue weighted by atomic mass is 19.1. The van der Waals surface area contributed by atoms with Crippen LogP contribution < -0.4 is 9.64 Å². The molecule has 3 rings (SSSR count). The fraction of sp³-hybridized carbons (Fsp3) is 0.318. The SMILES string of the molecule is COc1ccc(N2CCCN(C(=O)/C=C(\C)c3ccc(F)cc3)CC2)cc1. The van der Waals surface area contributed by atoms with E-state index in [1.807, 2.05) is 24.0 Å². The molecule has 0 unspecified atom stereocenters. The fourth-order valence-electron chi connectivity index (χ4n) is 3.26. The average Bonchev–Trinajstić information content (AvgIpc) is 2.95. The standard InChI is InChI=1S/C22H25FN2O2/c1-17(18-4-6-19(23)7-5-18)16-22(26)25-13-3-12-24(14-15-25)20-8-10-21(27-2)11-9-20/h4-11,16H,3,12-15H2,1-2H3/b17-16+. The molecule has 27 heavy (non-hydrogen) atoms. The number of nitrogens with zero attached hydrogens (tertiary/aromatic N) is 2. The Morgan fingerprint density at radius 2 is 1.70 bits per heavy atom. The van der Waals surface area contributed by atoms with Crippen molar-refractivity contribution in [3.63, 3.8) is 0 Å². The minimum Gasteiger partial charge on any atom is -0.497 e. The minimum absolute atomic E-state index is 0.00778. The summed E-state index contributed by atoms with van der Waals surface area (Å²) in [4.78, 5) is 16.8. The Hall–Kier alpha value is -2.82. The Kier molecular flexibility index (Phi) is 6.12. The number of carbonyl (C=O) groups is 1. The lowest BCUT2D eigenvalue weighted by Crippen LogP contribution is -2.34. The Balaban J connectivity index is 1.63. The molecule has 0 spiro atoms. The Morgan fingerprint density at radius 3 is 2.37 bits per heavy atom. The van der Waals surface area contributed by atoms with Gasteiger partial charge in [-0.3, -0.25) is 4.79 Å². The van der Waals surface area contributed by atoms with Crippen molar-refractivity contribution in [3.05, 3.63) is 66.0 Å². The van der Waals surface area contributed by atoms with E-state index in [1.165, 1.54) is 12.1 Å². The molecule has 0 aliphatic carbocycles. The molecule has 1 heterocycles. The van der Waals surface area contributed by atoms with Crippen molar-refractivity contribution in [2.45, 2.75) is 13.3 Å². The van der Waals surface area contributed by atoms with Crippen molar-refractivity contribution in [2.24, 2.45) is 0 Å². The molecule has 1 fully saturated rings. The van der Waals surface area contributed by atoms with Gasteiger partial charge in [-0.25, -0.2) is 4.39 Å². The monoisotopic (exact) mass is 368 g/mol. The largest absolute Gasteiger partial charge is 0.497 e. The van der Waals surface area contributed by atoms with Gasteiger partial charge in [0.15, 0.2) is 0 Å². The molecule has 5 heteroatoms. The van der Waals surface area contributed by atoms with E-state index in [0.717, 1.165) is 48.6 Å². The fourth-order valence-corrected chi connectivity index (χ4v) is 3.26. The summed E-state index contributed by atoms with van der Waals surface area (Å²) in [6.07, 6.45) is 2.57. The van der Waals surface area contributed by atoms with Crippen molar-refractivity contribution in [1.82, 2.24) is 4.90 Å². The predicted octanol–water partition coefficient (Wildman–Crippen LogP) is 3.98. The number of amides is 1. The number of ether oxygens (including phenoxy) is 1. The lowest BCUT2D eigenvalue weighted by Gasteiger charge is -2.23. The second kappa shape index (κ2) is 8.71. The highest BCUT2D eigenvalue weighted by Crippen LogP contribution is 2.21. The van der Waals surface area contributed by atoms with Gasteiger partial charge in [-0.1, -0.05) is 12.1 Å². The first-order valence-corrected chi connectivity index (χ1v) is 9.19. The van der Waals surface area contributed by atoms with Crippen LogP contribution in [0.25, 0.3) is 5.57 Å². The Labute approximate surface area is 159 Å². The van der Waals surface area contributed by atoms with Crippen LogP contribution in [0.3, 0.4) is 0 Å². The summed E-state index contributed by atoms with van der Waals surface area (Å²) in [6, 6.07) is 14.2. The smallest absolute Gasteiger partial charge is 0.246 e. The van der Waals surface area contributed by atoms with Gasteiger partial charge in [-0.15, -0.1) is 0 Å². The number of benzene rings is 2. The van der Waals surface area contributed by atoms with Gasteiger partial charge in [-0.05, 0) is 60.9 Å². The van der Waals surface area contributed by atoms with Gasteiger partial charge in [0.05, 0.1) is 7.11 Å². The first-order chi connectivity index (χ1) is 13.1. The average molecular weight is 368 g/mol. The van der Waals surface area contributed by atoms with Crippen molar-refractivity contribution in [2.75, 3.05) is 38.2 Å². The second-order valence-electron chi connectivity index (χ2n) is 6.70. The third-order valence-electron chi connectivity index (χ3n) is 4.88. The van der Waals surface area contributed by atoms with E-state index in [0.29, 0.717) is 6.54 Å². The van der Waals surface area contributed by atoms with Gasteiger partial charge in [0, 0.05) is 37.9 Å². The lowest BCUT2D eigenvalue weighted by molar-refractivity contribution is -0.125. The first-order valence-electron chi connectivity index (χ1n) is 9.19. The minimum atomic E-state index is -0.274. The van der Waals surface area contributed by atoms with Gasteiger partial charge < -0.3 is 14.5 Å². The number of methoxy groups -OCH3 is 1.